The van der Waals surface area contributed by atoms with Crippen LogP contribution in [0.25, 0.3) is 0 Å². The van der Waals surface area contributed by atoms with Crippen LogP contribution in [0.5, 0.6) is 5.75 Å². The number of hydrogen-bond donors (Lipinski definition) is 1. The molecule has 0 bridgehead atoms. The summed E-state index contributed by atoms with van der Waals surface area (Å²) in [5, 5.41) is 3.50. The maximum absolute atomic E-state index is 5.41. The molecule has 0 atom stereocenters. The molecule has 128 valence electrons. The molecule has 1 N–H and O–H groups in total. The Morgan fingerprint density at radius 2 is 1.52 bits per heavy atom. The van der Waals surface area contributed by atoms with Gasteiger partial charge in [0.05, 0.1) is 12.0 Å². The van der Waals surface area contributed by atoms with Gasteiger partial charge in [-0.15, -0.1) is 0 Å². The predicted octanol–water partition coefficient (Wildman–Crippen LogP) is 5.18. The Kier molecular flexibility index (Phi) is 6.55. The molecule has 0 aromatic heterocycles. The molecule has 25 heavy (non-hydrogen) atoms. The van der Waals surface area contributed by atoms with Crippen LogP contribution in [0.3, 0.4) is 0 Å². The highest BCUT2D eigenvalue weighted by molar-refractivity contribution is 7.99. The van der Waals surface area contributed by atoms with Crippen molar-refractivity contribution in [3.63, 3.8) is 0 Å². The van der Waals surface area contributed by atoms with Crippen LogP contribution < -0.4 is 10.1 Å². The summed E-state index contributed by atoms with van der Waals surface area (Å²) in [7, 11) is 1.71. The van der Waals surface area contributed by atoms with Gasteiger partial charge in [-0.3, -0.25) is 0 Å². The molecule has 0 radical (unpaired) electrons. The first kappa shape index (κ1) is 17.6. The van der Waals surface area contributed by atoms with Crippen molar-refractivity contribution in [1.29, 1.82) is 0 Å². The van der Waals surface area contributed by atoms with Crippen LogP contribution in [0.15, 0.2) is 88.7 Å². The lowest BCUT2D eigenvalue weighted by Gasteiger charge is -2.09. The first-order chi connectivity index (χ1) is 12.3. The van der Waals surface area contributed by atoms with E-state index in [2.05, 4.69) is 59.9 Å². The number of hydrogen-bond acceptors (Lipinski definition) is 3. The summed E-state index contributed by atoms with van der Waals surface area (Å²) in [5.74, 6) is 0.918. The third-order valence-corrected chi connectivity index (χ3v) is 5.05. The van der Waals surface area contributed by atoms with E-state index in [4.69, 9.17) is 4.74 Å². The van der Waals surface area contributed by atoms with Gasteiger partial charge in [0.2, 0.25) is 0 Å². The van der Waals surface area contributed by atoms with E-state index in [1.54, 1.807) is 18.9 Å². The summed E-state index contributed by atoms with van der Waals surface area (Å²) in [6.45, 7) is 1.90. The molecule has 2 nitrogen and oxygen atoms in total. The van der Waals surface area contributed by atoms with Crippen molar-refractivity contribution in [3.8, 4) is 5.75 Å². The number of para-hydroxylation sites is 1. The van der Waals surface area contributed by atoms with Gasteiger partial charge in [-0.25, -0.2) is 0 Å². The largest absolute Gasteiger partial charge is 0.496 e. The fourth-order valence-corrected chi connectivity index (χ4v) is 3.54. The van der Waals surface area contributed by atoms with Crippen molar-refractivity contribution in [2.45, 2.75) is 22.8 Å². The fourth-order valence-electron chi connectivity index (χ4n) is 2.62. The number of nitrogens with one attached hydrogen (secondary N) is 1. The summed E-state index contributed by atoms with van der Waals surface area (Å²) in [6, 6.07) is 27.4. The second-order valence-electron chi connectivity index (χ2n) is 5.81. The molecule has 0 unspecified atom stereocenters. The van der Waals surface area contributed by atoms with Crippen molar-refractivity contribution in [2.75, 3.05) is 13.7 Å². The number of rotatable bonds is 8. The van der Waals surface area contributed by atoms with Gasteiger partial charge in [0.25, 0.3) is 0 Å². The third-order valence-electron chi connectivity index (χ3n) is 3.98. The highest BCUT2D eigenvalue weighted by atomic mass is 32.2. The Bertz CT molecular complexity index is 772. The van der Waals surface area contributed by atoms with E-state index in [0.717, 1.165) is 30.2 Å². The van der Waals surface area contributed by atoms with Crippen LogP contribution in [0.2, 0.25) is 0 Å². The van der Waals surface area contributed by atoms with Gasteiger partial charge in [0, 0.05) is 11.4 Å². The minimum atomic E-state index is 0.918. The Morgan fingerprint density at radius 1 is 0.800 bits per heavy atom. The Labute approximate surface area is 154 Å². The monoisotopic (exact) mass is 349 g/mol. The standard InChI is InChI=1S/C22H23NOS/c1-24-21-9-5-6-10-22(21)25-20-13-11-18(12-14-20)15-16-23-17-19-7-3-2-4-8-19/h2-14,23H,15-17H2,1H3. The van der Waals surface area contributed by atoms with E-state index in [1.807, 2.05) is 24.3 Å². The molecule has 3 rings (SSSR count). The second-order valence-corrected chi connectivity index (χ2v) is 6.92. The fraction of sp³-hybridized carbons (Fsp3) is 0.182. The summed E-state index contributed by atoms with van der Waals surface area (Å²) in [4.78, 5) is 2.37. The van der Waals surface area contributed by atoms with E-state index in [9.17, 15) is 0 Å². The molecule has 0 aliphatic carbocycles. The van der Waals surface area contributed by atoms with Gasteiger partial charge in [0.15, 0.2) is 0 Å². The quantitative estimate of drug-likeness (QED) is 0.566. The van der Waals surface area contributed by atoms with Gasteiger partial charge < -0.3 is 10.1 Å². The molecular formula is C22H23NOS. The average Bonchev–Trinajstić information content (AvgIpc) is 2.68. The average molecular weight is 349 g/mol. The highest BCUT2D eigenvalue weighted by Gasteiger charge is 2.04. The molecule has 3 heteroatoms. The van der Waals surface area contributed by atoms with Crippen molar-refractivity contribution in [2.24, 2.45) is 0 Å². The van der Waals surface area contributed by atoms with Gasteiger partial charge in [0.1, 0.15) is 5.75 Å². The van der Waals surface area contributed by atoms with Crippen LogP contribution in [0, 0.1) is 0 Å². The van der Waals surface area contributed by atoms with E-state index in [0.29, 0.717) is 0 Å². The zero-order chi connectivity index (χ0) is 17.3. The maximum Gasteiger partial charge on any atom is 0.132 e. The van der Waals surface area contributed by atoms with Gasteiger partial charge in [-0.05, 0) is 48.4 Å². The summed E-state index contributed by atoms with van der Waals surface area (Å²) in [6.07, 6.45) is 1.03. The zero-order valence-electron chi connectivity index (χ0n) is 14.4. The molecule has 0 aliphatic rings. The van der Waals surface area contributed by atoms with Crippen LogP contribution in [0.4, 0.5) is 0 Å². The minimum absolute atomic E-state index is 0.918. The van der Waals surface area contributed by atoms with Crippen LogP contribution in [-0.2, 0) is 13.0 Å². The van der Waals surface area contributed by atoms with E-state index < -0.39 is 0 Å². The lowest BCUT2D eigenvalue weighted by Crippen LogP contribution is -2.16. The highest BCUT2D eigenvalue weighted by Crippen LogP contribution is 2.34. The van der Waals surface area contributed by atoms with Gasteiger partial charge in [-0.2, -0.15) is 0 Å². The first-order valence-electron chi connectivity index (χ1n) is 8.49. The smallest absolute Gasteiger partial charge is 0.132 e. The third kappa shape index (κ3) is 5.38. The Hall–Kier alpha value is -2.23. The molecule has 3 aromatic carbocycles. The molecule has 0 spiro atoms. The topological polar surface area (TPSA) is 21.3 Å². The van der Waals surface area contributed by atoms with Crippen LogP contribution >= 0.6 is 11.8 Å². The van der Waals surface area contributed by atoms with Crippen LogP contribution in [-0.4, -0.2) is 13.7 Å². The first-order valence-corrected chi connectivity index (χ1v) is 9.31. The molecule has 3 aromatic rings. The number of methoxy groups -OCH3 is 1. The second kappa shape index (κ2) is 9.30. The van der Waals surface area contributed by atoms with Crippen molar-refractivity contribution < 1.29 is 4.74 Å². The number of benzene rings is 3. The minimum Gasteiger partial charge on any atom is -0.496 e. The normalized spacial score (nSPS) is 10.6. The maximum atomic E-state index is 5.41. The Balaban J connectivity index is 1.49. The molecule has 0 saturated carbocycles. The summed E-state index contributed by atoms with van der Waals surface area (Å²) >= 11 is 1.73. The Morgan fingerprint density at radius 3 is 2.28 bits per heavy atom. The summed E-state index contributed by atoms with van der Waals surface area (Å²) < 4.78 is 5.41. The SMILES string of the molecule is COc1ccccc1Sc1ccc(CCNCc2ccccc2)cc1. The molecule has 0 heterocycles. The lowest BCUT2D eigenvalue weighted by molar-refractivity contribution is 0.405. The van der Waals surface area contributed by atoms with E-state index in [-0.39, 0.29) is 0 Å². The van der Waals surface area contributed by atoms with Crippen molar-refractivity contribution in [1.82, 2.24) is 5.32 Å². The van der Waals surface area contributed by atoms with Crippen molar-refractivity contribution >= 4 is 11.8 Å². The summed E-state index contributed by atoms with van der Waals surface area (Å²) in [5.41, 5.74) is 2.68. The molecule has 0 aliphatic heterocycles. The molecule has 0 amide bonds. The number of ether oxygens (including phenoxy) is 1. The molecular weight excluding hydrogens is 326 g/mol. The van der Waals surface area contributed by atoms with Crippen LogP contribution in [0.1, 0.15) is 11.1 Å². The predicted molar refractivity (Wildman–Crippen MR) is 105 cm³/mol. The van der Waals surface area contributed by atoms with Gasteiger partial charge in [-0.1, -0.05) is 66.4 Å². The lowest BCUT2D eigenvalue weighted by atomic mass is 10.1. The molecule has 0 fully saturated rings. The van der Waals surface area contributed by atoms with Gasteiger partial charge >= 0.3 is 0 Å². The van der Waals surface area contributed by atoms with Crippen molar-refractivity contribution in [3.05, 3.63) is 90.0 Å². The zero-order valence-corrected chi connectivity index (χ0v) is 15.3. The van der Waals surface area contributed by atoms with E-state index >= 15 is 0 Å². The molecule has 0 saturated heterocycles. The van der Waals surface area contributed by atoms with E-state index in [1.165, 1.54) is 16.0 Å².